The summed E-state index contributed by atoms with van der Waals surface area (Å²) in [5.74, 6) is 0.976. The molecule has 2 saturated heterocycles. The Morgan fingerprint density at radius 3 is 2.64 bits per heavy atom. The fourth-order valence-corrected chi connectivity index (χ4v) is 6.85. The number of carbonyl (C=O) groups is 1. The molecule has 1 atom stereocenters. The van der Waals surface area contributed by atoms with Gasteiger partial charge in [-0.15, -0.1) is 11.3 Å². The minimum absolute atomic E-state index is 0.0134. The highest BCUT2D eigenvalue weighted by molar-refractivity contribution is 7.91. The number of hydrogen-bond acceptors (Lipinski definition) is 5. The minimum Gasteiger partial charge on any atom is -0.343 e. The van der Waals surface area contributed by atoms with Crippen LogP contribution in [0.5, 0.6) is 0 Å². The molecule has 2 fully saturated rings. The van der Waals surface area contributed by atoms with Gasteiger partial charge in [-0.05, 0) is 37.3 Å². The highest BCUT2D eigenvalue weighted by Crippen LogP contribution is 2.34. The predicted molar refractivity (Wildman–Crippen MR) is 99.6 cm³/mol. The molecule has 3 heterocycles. The first-order valence-electron chi connectivity index (χ1n) is 8.84. The lowest BCUT2D eigenvalue weighted by atomic mass is 9.96. The Kier molecular flexibility index (Phi) is 4.54. The van der Waals surface area contributed by atoms with E-state index in [1.165, 1.54) is 9.71 Å². The Morgan fingerprint density at radius 1 is 1.20 bits per heavy atom. The van der Waals surface area contributed by atoms with Crippen molar-refractivity contribution in [3.8, 4) is 0 Å². The highest BCUT2D eigenvalue weighted by Gasteiger charge is 2.32. The van der Waals surface area contributed by atoms with Crippen LogP contribution in [-0.4, -0.2) is 48.8 Å². The van der Waals surface area contributed by atoms with Gasteiger partial charge >= 0.3 is 0 Å². The smallest absolute Gasteiger partial charge is 0.222 e. The van der Waals surface area contributed by atoms with E-state index >= 15 is 0 Å². The van der Waals surface area contributed by atoms with Crippen LogP contribution < -0.4 is 0 Å². The van der Waals surface area contributed by atoms with Gasteiger partial charge in [0, 0.05) is 25.4 Å². The van der Waals surface area contributed by atoms with Crippen LogP contribution in [0.3, 0.4) is 0 Å². The second-order valence-corrected chi connectivity index (χ2v) is 10.4. The molecule has 0 bridgehead atoms. The number of nitrogens with zero attached hydrogens (tertiary/aromatic N) is 2. The standard InChI is InChI=1S/C18H22N2O3S2/c21-17(11-13-7-10-25(22,23)12-13)20-8-5-14(6-9-20)18-19-15-3-1-2-4-16(15)24-18/h1-4,13-14H,5-12H2/t13-/m1/s1. The fourth-order valence-electron chi connectivity index (χ4n) is 3.85. The number of fused-ring (bicyclic) bond motifs is 1. The maximum absolute atomic E-state index is 12.5. The van der Waals surface area contributed by atoms with Crippen LogP contribution >= 0.6 is 11.3 Å². The van der Waals surface area contributed by atoms with Crippen LogP contribution in [0.4, 0.5) is 0 Å². The lowest BCUT2D eigenvalue weighted by Crippen LogP contribution is -2.38. The minimum atomic E-state index is -2.91. The van der Waals surface area contributed by atoms with Crippen LogP contribution in [0.2, 0.25) is 0 Å². The van der Waals surface area contributed by atoms with E-state index < -0.39 is 9.84 Å². The van der Waals surface area contributed by atoms with Gasteiger partial charge in [0.25, 0.3) is 0 Å². The molecule has 1 aromatic heterocycles. The number of thiazole rings is 1. The van der Waals surface area contributed by atoms with Crippen LogP contribution in [0, 0.1) is 5.92 Å². The molecule has 25 heavy (non-hydrogen) atoms. The highest BCUT2D eigenvalue weighted by atomic mass is 32.2. The van der Waals surface area contributed by atoms with Gasteiger partial charge in [0.1, 0.15) is 0 Å². The molecule has 134 valence electrons. The van der Waals surface area contributed by atoms with Crippen LogP contribution in [0.15, 0.2) is 24.3 Å². The van der Waals surface area contributed by atoms with E-state index in [1.54, 1.807) is 11.3 Å². The van der Waals surface area contributed by atoms with Crippen LogP contribution in [0.25, 0.3) is 10.2 Å². The molecule has 7 heteroatoms. The molecule has 4 rings (SSSR count). The summed E-state index contributed by atoms with van der Waals surface area (Å²) < 4.78 is 24.3. The summed E-state index contributed by atoms with van der Waals surface area (Å²) in [6.07, 6.45) is 2.89. The van der Waals surface area contributed by atoms with Gasteiger partial charge in [-0.1, -0.05) is 12.1 Å². The van der Waals surface area contributed by atoms with Crippen molar-refractivity contribution in [2.45, 2.75) is 31.6 Å². The molecule has 0 saturated carbocycles. The molecule has 2 aromatic rings. The first kappa shape index (κ1) is 17.0. The zero-order valence-electron chi connectivity index (χ0n) is 14.1. The first-order valence-corrected chi connectivity index (χ1v) is 11.5. The zero-order valence-corrected chi connectivity index (χ0v) is 15.7. The van der Waals surface area contributed by atoms with Crippen molar-refractivity contribution in [1.82, 2.24) is 9.88 Å². The SMILES string of the molecule is O=C(C[C@H]1CCS(=O)(=O)C1)N1CCC(c2nc3ccccc3s2)CC1. The van der Waals surface area contributed by atoms with Gasteiger partial charge in [0.2, 0.25) is 5.91 Å². The monoisotopic (exact) mass is 378 g/mol. The predicted octanol–water partition coefficient (Wildman–Crippen LogP) is 2.83. The largest absolute Gasteiger partial charge is 0.343 e. The molecular formula is C18H22N2O3S2. The van der Waals surface area contributed by atoms with E-state index in [0.29, 0.717) is 18.8 Å². The second kappa shape index (κ2) is 6.68. The van der Waals surface area contributed by atoms with E-state index in [2.05, 4.69) is 6.07 Å². The average molecular weight is 379 g/mol. The van der Waals surface area contributed by atoms with Gasteiger partial charge in [-0.3, -0.25) is 4.79 Å². The fraction of sp³-hybridized carbons (Fsp3) is 0.556. The molecule has 2 aliphatic heterocycles. The molecule has 1 amide bonds. The summed E-state index contributed by atoms with van der Waals surface area (Å²) in [4.78, 5) is 19.1. The zero-order chi connectivity index (χ0) is 17.4. The number of para-hydroxylation sites is 1. The lowest BCUT2D eigenvalue weighted by molar-refractivity contribution is -0.133. The Bertz CT molecular complexity index is 850. The average Bonchev–Trinajstić information content (AvgIpc) is 3.18. The Balaban J connectivity index is 1.34. The summed E-state index contributed by atoms with van der Waals surface area (Å²) in [6, 6.07) is 8.19. The van der Waals surface area contributed by atoms with Gasteiger partial charge < -0.3 is 4.90 Å². The Hall–Kier alpha value is -1.47. The Morgan fingerprint density at radius 2 is 1.96 bits per heavy atom. The van der Waals surface area contributed by atoms with Crippen molar-refractivity contribution in [1.29, 1.82) is 0 Å². The third-order valence-electron chi connectivity index (χ3n) is 5.30. The number of aromatic nitrogens is 1. The third kappa shape index (κ3) is 3.72. The quantitative estimate of drug-likeness (QED) is 0.824. The molecule has 0 radical (unpaired) electrons. The van der Waals surface area contributed by atoms with Gasteiger partial charge in [-0.2, -0.15) is 0 Å². The maximum Gasteiger partial charge on any atom is 0.222 e. The number of likely N-dealkylation sites (tertiary alicyclic amines) is 1. The van der Waals surface area contributed by atoms with E-state index in [9.17, 15) is 13.2 Å². The van der Waals surface area contributed by atoms with Crippen LogP contribution in [0.1, 0.15) is 36.6 Å². The van der Waals surface area contributed by atoms with Crippen molar-refractivity contribution >= 4 is 37.3 Å². The number of benzene rings is 1. The number of hydrogen-bond donors (Lipinski definition) is 0. The number of amides is 1. The summed E-state index contributed by atoms with van der Waals surface area (Å²) in [5, 5.41) is 1.18. The van der Waals surface area contributed by atoms with Gasteiger partial charge in [-0.25, -0.2) is 13.4 Å². The molecule has 0 spiro atoms. The maximum atomic E-state index is 12.5. The number of sulfone groups is 1. The number of rotatable bonds is 3. The molecular weight excluding hydrogens is 356 g/mol. The lowest BCUT2D eigenvalue weighted by Gasteiger charge is -2.31. The summed E-state index contributed by atoms with van der Waals surface area (Å²) in [7, 11) is -2.91. The van der Waals surface area contributed by atoms with Crippen molar-refractivity contribution in [2.24, 2.45) is 5.92 Å². The second-order valence-electron chi connectivity index (χ2n) is 7.15. The van der Waals surface area contributed by atoms with E-state index in [1.807, 2.05) is 23.1 Å². The van der Waals surface area contributed by atoms with Crippen molar-refractivity contribution in [3.63, 3.8) is 0 Å². The number of piperidine rings is 1. The number of carbonyl (C=O) groups excluding carboxylic acids is 1. The molecule has 0 aliphatic carbocycles. The molecule has 5 nitrogen and oxygen atoms in total. The van der Waals surface area contributed by atoms with Crippen LogP contribution in [-0.2, 0) is 14.6 Å². The Labute approximate surface area is 152 Å². The summed E-state index contributed by atoms with van der Waals surface area (Å²) in [5.41, 5.74) is 1.06. The van der Waals surface area contributed by atoms with E-state index in [0.717, 1.165) is 31.4 Å². The molecule has 1 aromatic carbocycles. The molecule has 0 unspecified atom stereocenters. The molecule has 2 aliphatic rings. The first-order chi connectivity index (χ1) is 12.0. The van der Waals surface area contributed by atoms with E-state index in [-0.39, 0.29) is 23.3 Å². The van der Waals surface area contributed by atoms with E-state index in [4.69, 9.17) is 4.98 Å². The van der Waals surface area contributed by atoms with Gasteiger partial charge in [0.05, 0.1) is 26.7 Å². The summed E-state index contributed by atoms with van der Waals surface area (Å²) >= 11 is 1.76. The van der Waals surface area contributed by atoms with Gasteiger partial charge in [0.15, 0.2) is 9.84 Å². The third-order valence-corrected chi connectivity index (χ3v) is 8.33. The van der Waals surface area contributed by atoms with Crippen molar-refractivity contribution in [3.05, 3.63) is 29.3 Å². The normalized spacial score (nSPS) is 24.0. The summed E-state index contributed by atoms with van der Waals surface area (Å²) in [6.45, 7) is 1.50. The topological polar surface area (TPSA) is 67.3 Å². The van der Waals surface area contributed by atoms with Crippen molar-refractivity contribution in [2.75, 3.05) is 24.6 Å². The molecule has 0 N–H and O–H groups in total. The van der Waals surface area contributed by atoms with Crippen molar-refractivity contribution < 1.29 is 13.2 Å².